The topological polar surface area (TPSA) is 51.0 Å². The highest BCUT2D eigenvalue weighted by atomic mass is 16.2. The third kappa shape index (κ3) is 2.79. The lowest BCUT2D eigenvalue weighted by Crippen LogP contribution is -2.36. The number of carbonyl (C=O) groups excluding carboxylic acids is 1. The van der Waals surface area contributed by atoms with Crippen LogP contribution in [0.2, 0.25) is 0 Å². The summed E-state index contributed by atoms with van der Waals surface area (Å²) in [5, 5.41) is 9.03. The van der Waals surface area contributed by atoms with Gasteiger partial charge >= 0.3 is 0 Å². The summed E-state index contributed by atoms with van der Waals surface area (Å²) in [6.45, 7) is 6.65. The number of anilines is 1. The molecule has 2 aromatic carbocycles. The fraction of sp³-hybridized carbons (Fsp3) is 0.286. The minimum Gasteiger partial charge on any atom is -0.307 e. The first-order valence-electron chi connectivity index (χ1n) is 8.96. The van der Waals surface area contributed by atoms with Gasteiger partial charge in [-0.2, -0.15) is 9.90 Å². The molecule has 5 nitrogen and oxygen atoms in total. The number of aromatic nitrogens is 3. The standard InChI is InChI=1S/C21H22N4O/c1-14-10-11-18(15(2)13-14)25-22-16(3)20(23-25)21(26)24-12-6-8-17-7-4-5-9-19(17)24/h4-5,7,9-11,13H,6,8,12H2,1-3H3. The first kappa shape index (κ1) is 16.5. The van der Waals surface area contributed by atoms with Crippen molar-refractivity contribution in [2.24, 2.45) is 0 Å². The van der Waals surface area contributed by atoms with E-state index in [1.165, 1.54) is 11.1 Å². The highest BCUT2D eigenvalue weighted by Gasteiger charge is 2.27. The lowest BCUT2D eigenvalue weighted by atomic mass is 10.0. The van der Waals surface area contributed by atoms with Crippen molar-refractivity contribution in [3.8, 4) is 5.69 Å². The Morgan fingerprint density at radius 2 is 1.81 bits per heavy atom. The van der Waals surface area contributed by atoms with Gasteiger partial charge in [-0.1, -0.05) is 35.9 Å². The number of rotatable bonds is 2. The van der Waals surface area contributed by atoms with Crippen LogP contribution in [0.1, 0.15) is 39.3 Å². The highest BCUT2D eigenvalue weighted by Crippen LogP contribution is 2.28. The Labute approximate surface area is 153 Å². The molecule has 3 aromatic rings. The zero-order valence-electron chi connectivity index (χ0n) is 15.4. The summed E-state index contributed by atoms with van der Waals surface area (Å²) in [7, 11) is 0. The van der Waals surface area contributed by atoms with Crippen LogP contribution in [0.15, 0.2) is 42.5 Å². The van der Waals surface area contributed by atoms with Gasteiger partial charge in [-0.3, -0.25) is 4.79 Å². The summed E-state index contributed by atoms with van der Waals surface area (Å²) >= 11 is 0. The van der Waals surface area contributed by atoms with Gasteiger partial charge in [-0.05, 0) is 56.9 Å². The molecule has 0 spiro atoms. The number of aryl methyl sites for hydroxylation is 4. The maximum atomic E-state index is 13.2. The van der Waals surface area contributed by atoms with Crippen LogP contribution in [-0.2, 0) is 6.42 Å². The van der Waals surface area contributed by atoms with Crippen LogP contribution in [0.3, 0.4) is 0 Å². The molecule has 5 heteroatoms. The molecule has 1 aliphatic rings. The largest absolute Gasteiger partial charge is 0.307 e. The minimum absolute atomic E-state index is 0.0781. The Morgan fingerprint density at radius 3 is 2.62 bits per heavy atom. The first-order chi connectivity index (χ1) is 12.5. The molecule has 0 bridgehead atoms. The monoisotopic (exact) mass is 346 g/mol. The third-order valence-electron chi connectivity index (χ3n) is 4.91. The van der Waals surface area contributed by atoms with Gasteiger partial charge in [0.1, 0.15) is 0 Å². The fourth-order valence-electron chi connectivity index (χ4n) is 3.59. The average Bonchev–Trinajstić information content (AvgIpc) is 3.02. The Balaban J connectivity index is 1.71. The molecule has 1 aromatic heterocycles. The van der Waals surface area contributed by atoms with E-state index < -0.39 is 0 Å². The van der Waals surface area contributed by atoms with Gasteiger partial charge in [0.25, 0.3) is 5.91 Å². The molecule has 0 N–H and O–H groups in total. The highest BCUT2D eigenvalue weighted by molar-refractivity contribution is 6.06. The van der Waals surface area contributed by atoms with E-state index in [2.05, 4.69) is 29.3 Å². The number of hydrogen-bond acceptors (Lipinski definition) is 3. The van der Waals surface area contributed by atoms with Crippen LogP contribution in [0.4, 0.5) is 5.69 Å². The van der Waals surface area contributed by atoms with Gasteiger partial charge in [-0.25, -0.2) is 0 Å². The van der Waals surface area contributed by atoms with Gasteiger partial charge < -0.3 is 4.90 Å². The second kappa shape index (κ2) is 6.41. The Morgan fingerprint density at radius 1 is 1.00 bits per heavy atom. The fourth-order valence-corrected chi connectivity index (χ4v) is 3.59. The van der Waals surface area contributed by atoms with Gasteiger partial charge in [-0.15, -0.1) is 5.10 Å². The SMILES string of the molecule is Cc1ccc(-n2nc(C)c(C(=O)N3CCCc4ccccc43)n2)c(C)c1. The Bertz CT molecular complexity index is 989. The molecular weight excluding hydrogens is 324 g/mol. The molecule has 26 heavy (non-hydrogen) atoms. The second-order valence-corrected chi connectivity index (χ2v) is 6.90. The summed E-state index contributed by atoms with van der Waals surface area (Å²) < 4.78 is 0. The molecule has 0 saturated heterocycles. The van der Waals surface area contributed by atoms with Crippen molar-refractivity contribution in [2.45, 2.75) is 33.6 Å². The van der Waals surface area contributed by atoms with E-state index in [0.717, 1.165) is 29.8 Å². The van der Waals surface area contributed by atoms with Crippen LogP contribution in [0, 0.1) is 20.8 Å². The number of carbonyl (C=O) groups is 1. The molecular formula is C21H22N4O. The molecule has 0 saturated carbocycles. The molecule has 0 fully saturated rings. The lowest BCUT2D eigenvalue weighted by Gasteiger charge is -2.28. The molecule has 1 amide bonds. The van der Waals surface area contributed by atoms with E-state index >= 15 is 0 Å². The normalized spacial score (nSPS) is 13.6. The molecule has 132 valence electrons. The molecule has 0 atom stereocenters. The summed E-state index contributed by atoms with van der Waals surface area (Å²) in [4.78, 5) is 16.6. The number of fused-ring (bicyclic) bond motifs is 1. The van der Waals surface area contributed by atoms with E-state index in [0.29, 0.717) is 17.9 Å². The zero-order chi connectivity index (χ0) is 18.3. The van der Waals surface area contributed by atoms with Crippen molar-refractivity contribution in [3.63, 3.8) is 0 Å². The third-order valence-corrected chi connectivity index (χ3v) is 4.91. The van der Waals surface area contributed by atoms with Crippen molar-refractivity contribution < 1.29 is 4.79 Å². The van der Waals surface area contributed by atoms with E-state index in [4.69, 9.17) is 0 Å². The molecule has 1 aliphatic heterocycles. The van der Waals surface area contributed by atoms with Crippen LogP contribution in [0.5, 0.6) is 0 Å². The average molecular weight is 346 g/mol. The molecule has 0 radical (unpaired) electrons. The number of hydrogen-bond donors (Lipinski definition) is 0. The van der Waals surface area contributed by atoms with Crippen molar-refractivity contribution in [1.29, 1.82) is 0 Å². The summed E-state index contributed by atoms with van der Waals surface area (Å²) in [5.41, 5.74) is 6.45. The predicted octanol–water partition coefficient (Wildman–Crippen LogP) is 3.79. The molecule has 0 aliphatic carbocycles. The van der Waals surface area contributed by atoms with Gasteiger partial charge in [0.2, 0.25) is 0 Å². The lowest BCUT2D eigenvalue weighted by molar-refractivity contribution is 0.0979. The molecule has 4 rings (SSSR count). The number of amides is 1. The summed E-state index contributed by atoms with van der Waals surface area (Å²) in [6.07, 6.45) is 1.97. The Kier molecular flexibility index (Phi) is 4.07. The zero-order valence-corrected chi connectivity index (χ0v) is 15.4. The maximum absolute atomic E-state index is 13.2. The van der Waals surface area contributed by atoms with Crippen LogP contribution < -0.4 is 4.90 Å². The second-order valence-electron chi connectivity index (χ2n) is 6.90. The van der Waals surface area contributed by atoms with E-state index in [9.17, 15) is 4.79 Å². The number of benzene rings is 2. The smallest absolute Gasteiger partial charge is 0.280 e. The molecule has 0 unspecified atom stereocenters. The van der Waals surface area contributed by atoms with E-state index in [1.54, 1.807) is 4.80 Å². The van der Waals surface area contributed by atoms with Gasteiger partial charge in [0.15, 0.2) is 5.69 Å². The van der Waals surface area contributed by atoms with Crippen molar-refractivity contribution in [1.82, 2.24) is 15.0 Å². The first-order valence-corrected chi connectivity index (χ1v) is 8.96. The van der Waals surface area contributed by atoms with Crippen molar-refractivity contribution in [2.75, 3.05) is 11.4 Å². The van der Waals surface area contributed by atoms with Crippen molar-refractivity contribution in [3.05, 3.63) is 70.5 Å². The minimum atomic E-state index is -0.0781. The van der Waals surface area contributed by atoms with E-state index in [-0.39, 0.29) is 5.91 Å². The van der Waals surface area contributed by atoms with Crippen LogP contribution >= 0.6 is 0 Å². The van der Waals surface area contributed by atoms with Gasteiger partial charge in [0, 0.05) is 12.2 Å². The Hall–Kier alpha value is -2.95. The maximum Gasteiger partial charge on any atom is 0.280 e. The van der Waals surface area contributed by atoms with Gasteiger partial charge in [0.05, 0.1) is 11.4 Å². The quantitative estimate of drug-likeness (QED) is 0.709. The summed E-state index contributed by atoms with van der Waals surface area (Å²) in [6, 6.07) is 14.2. The molecule has 2 heterocycles. The number of para-hydroxylation sites is 1. The van der Waals surface area contributed by atoms with Crippen LogP contribution in [-0.4, -0.2) is 27.4 Å². The van der Waals surface area contributed by atoms with E-state index in [1.807, 2.05) is 49.1 Å². The summed E-state index contributed by atoms with van der Waals surface area (Å²) in [5.74, 6) is -0.0781. The number of nitrogens with zero attached hydrogens (tertiary/aromatic N) is 4. The predicted molar refractivity (Wildman–Crippen MR) is 102 cm³/mol. The van der Waals surface area contributed by atoms with Crippen molar-refractivity contribution >= 4 is 11.6 Å². The van der Waals surface area contributed by atoms with Crippen LogP contribution in [0.25, 0.3) is 5.69 Å².